The molecule has 0 saturated carbocycles. The number of hydrogen-bond donors (Lipinski definition) is 5. The van der Waals surface area contributed by atoms with Gasteiger partial charge in [-0.25, -0.2) is 18.4 Å². The minimum Gasteiger partial charge on any atom is -0.406 e. The number of carbonyl (C=O) groups excluding carboxylic acids is 2. The number of amides is 4. The maximum Gasteiger partial charge on any atom is 0.573 e. The van der Waals surface area contributed by atoms with Crippen LogP contribution in [0, 0.1) is 12.7 Å². The van der Waals surface area contributed by atoms with Crippen molar-refractivity contribution >= 4 is 40.6 Å². The van der Waals surface area contributed by atoms with Gasteiger partial charge < -0.3 is 40.5 Å². The van der Waals surface area contributed by atoms with E-state index in [1.165, 1.54) is 36.1 Å². The van der Waals surface area contributed by atoms with Gasteiger partial charge in [0.05, 0.1) is 29.0 Å². The molecular formula is C42H43ClF8N6O6. The fourth-order valence-corrected chi connectivity index (χ4v) is 6.96. The lowest BCUT2D eigenvalue weighted by molar-refractivity contribution is -0.274. The largest absolute Gasteiger partial charge is 0.573 e. The van der Waals surface area contributed by atoms with Gasteiger partial charge in [0, 0.05) is 73.9 Å². The summed E-state index contributed by atoms with van der Waals surface area (Å²) in [6, 6.07) is 9.56. The summed E-state index contributed by atoms with van der Waals surface area (Å²) in [5.41, 5.74) is -0.476. The first-order chi connectivity index (χ1) is 29.6. The number of hydrogen-bond acceptors (Lipinski definition) is 8. The molecule has 2 aliphatic heterocycles. The fraction of sp³-hybridized carbons (Fsp3) is 0.381. The number of aliphatic hydroxyl groups excluding tert-OH is 3. The zero-order chi connectivity index (χ0) is 46.3. The van der Waals surface area contributed by atoms with E-state index in [-0.39, 0.29) is 48.4 Å². The number of nitrogens with one attached hydrogen (secondary N) is 2. The number of aryl methyl sites for hydroxylation is 1. The van der Waals surface area contributed by atoms with Crippen molar-refractivity contribution < 1.29 is 64.8 Å². The molecule has 1 fully saturated rings. The normalized spacial score (nSPS) is 16.3. The number of rotatable bonds is 9. The zero-order valence-electron chi connectivity index (χ0n) is 33.7. The fourth-order valence-electron chi connectivity index (χ4n) is 6.66. The van der Waals surface area contributed by atoms with E-state index in [1.807, 2.05) is 13.0 Å². The molecule has 2 atom stereocenters. The number of urea groups is 2. The molecule has 5 N–H and O–H groups in total. The molecule has 340 valence electrons. The van der Waals surface area contributed by atoms with Gasteiger partial charge in [-0.3, -0.25) is 9.97 Å². The number of pyridine rings is 2. The molecule has 21 heteroatoms. The van der Waals surface area contributed by atoms with Crippen LogP contribution in [0.5, 0.6) is 5.75 Å². The van der Waals surface area contributed by atoms with Gasteiger partial charge in [0.15, 0.2) is 5.67 Å². The first-order valence-electron chi connectivity index (χ1n) is 19.4. The smallest absolute Gasteiger partial charge is 0.406 e. The Morgan fingerprint density at radius 3 is 2.02 bits per heavy atom. The van der Waals surface area contributed by atoms with E-state index in [9.17, 15) is 50.5 Å². The van der Waals surface area contributed by atoms with Crippen molar-refractivity contribution in [2.24, 2.45) is 0 Å². The third kappa shape index (κ3) is 12.8. The van der Waals surface area contributed by atoms with Crippen molar-refractivity contribution in [1.29, 1.82) is 0 Å². The Kier molecular flexibility index (Phi) is 15.6. The molecule has 0 spiro atoms. The minimum absolute atomic E-state index is 0.0149. The van der Waals surface area contributed by atoms with E-state index in [2.05, 4.69) is 25.3 Å². The molecule has 12 nitrogen and oxygen atoms in total. The number of anilines is 2. The molecular weight excluding hydrogens is 872 g/mol. The van der Waals surface area contributed by atoms with Gasteiger partial charge in [0.25, 0.3) is 0 Å². The topological polar surface area (TPSA) is 160 Å². The van der Waals surface area contributed by atoms with E-state index in [0.29, 0.717) is 42.2 Å². The van der Waals surface area contributed by atoms with Crippen LogP contribution in [0.1, 0.15) is 78.5 Å². The molecule has 6 rings (SSSR count). The molecule has 4 aromatic rings. The van der Waals surface area contributed by atoms with E-state index < -0.39 is 71.9 Å². The Labute approximate surface area is 361 Å². The molecule has 4 amide bonds. The SMILES string of the molecule is CC[C@H](O)c1cnc(C2=CCN(C(=O)Nc3ccc(C(F)(F)F)cc3)CC2)c(Cl)c1.Cc1cc(NC(=O)N2CCC(F)(c3ncc([C@@H](O)CO)cc3F)CC2)ccc1OC(F)(F)F. The summed E-state index contributed by atoms with van der Waals surface area (Å²) < 4.78 is 109. The number of likely N-dealkylation sites (tertiary alicyclic amines) is 1. The lowest BCUT2D eigenvalue weighted by Gasteiger charge is -2.36. The van der Waals surface area contributed by atoms with Gasteiger partial charge in [-0.05, 0) is 85.5 Å². The molecule has 2 aromatic carbocycles. The minimum atomic E-state index is -4.84. The second-order valence-electron chi connectivity index (χ2n) is 14.7. The van der Waals surface area contributed by atoms with Crippen molar-refractivity contribution in [3.05, 3.63) is 118 Å². The Bertz CT molecular complexity index is 2270. The van der Waals surface area contributed by atoms with Crippen LogP contribution in [0.4, 0.5) is 56.1 Å². The predicted molar refractivity (Wildman–Crippen MR) is 216 cm³/mol. The van der Waals surface area contributed by atoms with Gasteiger partial charge in [-0.15, -0.1) is 13.2 Å². The maximum absolute atomic E-state index is 15.4. The summed E-state index contributed by atoms with van der Waals surface area (Å²) in [4.78, 5) is 35.9. The summed E-state index contributed by atoms with van der Waals surface area (Å²) in [5, 5.41) is 34.0. The van der Waals surface area contributed by atoms with E-state index >= 15 is 4.39 Å². The molecule has 2 aliphatic rings. The highest BCUT2D eigenvalue weighted by Gasteiger charge is 2.41. The number of halogens is 9. The van der Waals surface area contributed by atoms with E-state index in [4.69, 9.17) is 16.7 Å². The molecule has 1 saturated heterocycles. The quantitative estimate of drug-likeness (QED) is 0.104. The van der Waals surface area contributed by atoms with E-state index in [0.717, 1.165) is 36.0 Å². The third-order valence-electron chi connectivity index (χ3n) is 10.2. The average Bonchev–Trinajstić information content (AvgIpc) is 3.24. The third-order valence-corrected chi connectivity index (χ3v) is 10.5. The van der Waals surface area contributed by atoms with Crippen LogP contribution in [0.25, 0.3) is 5.57 Å². The number of piperidine rings is 1. The molecule has 0 unspecified atom stereocenters. The number of ether oxygens (including phenoxy) is 1. The summed E-state index contributed by atoms with van der Waals surface area (Å²) in [5.74, 6) is -1.36. The highest BCUT2D eigenvalue weighted by molar-refractivity contribution is 6.32. The Morgan fingerprint density at radius 2 is 1.48 bits per heavy atom. The van der Waals surface area contributed by atoms with Gasteiger partial charge in [0.2, 0.25) is 0 Å². The zero-order valence-corrected chi connectivity index (χ0v) is 34.5. The van der Waals surface area contributed by atoms with Crippen LogP contribution < -0.4 is 15.4 Å². The number of aliphatic hydroxyl groups is 3. The number of alkyl halides is 7. The van der Waals surface area contributed by atoms with Crippen molar-refractivity contribution in [1.82, 2.24) is 19.8 Å². The lowest BCUT2D eigenvalue weighted by atomic mass is 9.89. The summed E-state index contributed by atoms with van der Waals surface area (Å²) in [6.07, 6.45) is -6.05. The Balaban J connectivity index is 0.000000239. The van der Waals surface area contributed by atoms with Crippen LogP contribution in [-0.4, -0.2) is 86.3 Å². The number of benzene rings is 2. The van der Waals surface area contributed by atoms with Gasteiger partial charge in [-0.1, -0.05) is 24.6 Å². The highest BCUT2D eigenvalue weighted by atomic mass is 35.5. The van der Waals surface area contributed by atoms with Crippen molar-refractivity contribution in [2.45, 2.75) is 69.9 Å². The second-order valence-corrected chi connectivity index (χ2v) is 15.1. The molecule has 0 radical (unpaired) electrons. The van der Waals surface area contributed by atoms with Crippen LogP contribution in [0.2, 0.25) is 5.02 Å². The summed E-state index contributed by atoms with van der Waals surface area (Å²) in [7, 11) is 0. The maximum atomic E-state index is 15.4. The van der Waals surface area contributed by atoms with Crippen molar-refractivity contribution in [3.8, 4) is 5.75 Å². The standard InChI is InChI=1S/C21H21ClF3N3O2.C21H22F5N3O4/c1-2-18(29)14-11-17(22)19(26-12-14)13-7-9-28(10-8-13)20(30)27-16-5-3-15(4-6-16)21(23,24)25;1-12-8-14(2-3-17(12)33-21(24,25)26)28-19(32)29-6-4-20(23,5-7-29)18-15(22)9-13(10-27-18)16(31)11-30/h3-7,11-12,18,29H,2,8-10H2,1H3,(H,27,30);2-3,8-10,16,30-31H,4-7,11H2,1H3,(H,28,32)/t18-;16-/m00/s1. The van der Waals surface area contributed by atoms with Crippen LogP contribution >= 0.6 is 11.6 Å². The number of aromatic nitrogens is 2. The van der Waals surface area contributed by atoms with Gasteiger partial charge in [0.1, 0.15) is 23.4 Å². The predicted octanol–water partition coefficient (Wildman–Crippen LogP) is 9.46. The number of nitrogens with zero attached hydrogens (tertiary/aromatic N) is 4. The molecule has 0 aliphatic carbocycles. The molecule has 0 bridgehead atoms. The molecule has 4 heterocycles. The summed E-state index contributed by atoms with van der Waals surface area (Å²) in [6.45, 7) is 3.23. The van der Waals surface area contributed by atoms with Crippen molar-refractivity contribution in [3.63, 3.8) is 0 Å². The molecule has 63 heavy (non-hydrogen) atoms. The highest BCUT2D eigenvalue weighted by Crippen LogP contribution is 2.38. The first kappa shape index (κ1) is 48.5. The second kappa shape index (κ2) is 20.3. The van der Waals surface area contributed by atoms with Crippen LogP contribution in [0.15, 0.2) is 73.1 Å². The van der Waals surface area contributed by atoms with Gasteiger partial charge in [-0.2, -0.15) is 13.2 Å². The molecule has 2 aromatic heterocycles. The summed E-state index contributed by atoms with van der Waals surface area (Å²) >= 11 is 6.33. The Hall–Kier alpha value is -5.57. The monoisotopic (exact) mass is 914 g/mol. The van der Waals surface area contributed by atoms with Crippen LogP contribution in [-0.2, 0) is 11.8 Å². The average molecular weight is 915 g/mol. The van der Waals surface area contributed by atoms with E-state index in [1.54, 1.807) is 17.2 Å². The Morgan fingerprint density at radius 1 is 0.873 bits per heavy atom. The van der Waals surface area contributed by atoms with Gasteiger partial charge >= 0.3 is 24.6 Å². The lowest BCUT2D eigenvalue weighted by Crippen LogP contribution is -2.45. The van der Waals surface area contributed by atoms with Crippen LogP contribution in [0.3, 0.4) is 0 Å². The van der Waals surface area contributed by atoms with Crippen molar-refractivity contribution in [2.75, 3.05) is 43.4 Å². The number of carbonyl (C=O) groups is 2. The first-order valence-corrected chi connectivity index (χ1v) is 19.8.